The zero-order valence-electron chi connectivity index (χ0n) is 23.4. The minimum absolute atomic E-state index is 0.0601. The van der Waals surface area contributed by atoms with Crippen molar-refractivity contribution in [3.05, 3.63) is 108 Å². The Kier molecular flexibility index (Phi) is 11.3. The van der Waals surface area contributed by atoms with E-state index in [0.29, 0.717) is 30.6 Å². The first-order valence-electron chi connectivity index (χ1n) is 13.8. The smallest absolute Gasteiger partial charge is 0.253 e. The number of benzene rings is 3. The van der Waals surface area contributed by atoms with E-state index in [4.69, 9.17) is 0 Å². The van der Waals surface area contributed by atoms with Crippen molar-refractivity contribution in [2.75, 3.05) is 18.4 Å². The van der Waals surface area contributed by atoms with Gasteiger partial charge in [-0.3, -0.25) is 14.4 Å². The van der Waals surface area contributed by atoms with E-state index in [1.165, 1.54) is 0 Å². The number of amides is 3. The SMILES string of the molecule is CCCN(CCC)C(=O)c1cc(C)cc(C(=O)N[C@H]([CH]C(C)C(=O)Nc2ccccc2)Cc2ccccc2)c1. The number of nitrogens with zero attached hydrogens (tertiary/aromatic N) is 1. The molecule has 0 heterocycles. The Morgan fingerprint density at radius 1 is 0.846 bits per heavy atom. The molecule has 39 heavy (non-hydrogen) atoms. The summed E-state index contributed by atoms with van der Waals surface area (Å²) in [5, 5.41) is 6.03. The van der Waals surface area contributed by atoms with Crippen molar-refractivity contribution in [3.8, 4) is 0 Å². The first-order valence-corrected chi connectivity index (χ1v) is 13.8. The number of rotatable bonds is 13. The molecular formula is C33H40N3O3. The van der Waals surface area contributed by atoms with Crippen molar-refractivity contribution < 1.29 is 14.4 Å². The molecule has 0 aliphatic carbocycles. The van der Waals surface area contributed by atoms with Gasteiger partial charge < -0.3 is 15.5 Å². The van der Waals surface area contributed by atoms with Crippen LogP contribution < -0.4 is 10.6 Å². The number of hydrogen-bond acceptors (Lipinski definition) is 3. The van der Waals surface area contributed by atoms with Gasteiger partial charge in [0.2, 0.25) is 5.91 Å². The van der Waals surface area contributed by atoms with E-state index >= 15 is 0 Å². The van der Waals surface area contributed by atoms with E-state index in [-0.39, 0.29) is 17.7 Å². The molecule has 2 N–H and O–H groups in total. The molecule has 6 heteroatoms. The lowest BCUT2D eigenvalue weighted by Crippen LogP contribution is -2.40. The highest BCUT2D eigenvalue weighted by Crippen LogP contribution is 2.17. The Morgan fingerprint density at radius 3 is 2.05 bits per heavy atom. The molecule has 3 rings (SSSR count). The molecule has 0 spiro atoms. The Morgan fingerprint density at radius 2 is 1.44 bits per heavy atom. The summed E-state index contributed by atoms with van der Waals surface area (Å²) in [6, 6.07) is 24.1. The summed E-state index contributed by atoms with van der Waals surface area (Å²) >= 11 is 0. The summed E-state index contributed by atoms with van der Waals surface area (Å²) in [4.78, 5) is 41.4. The van der Waals surface area contributed by atoms with Gasteiger partial charge in [0.05, 0.1) is 0 Å². The van der Waals surface area contributed by atoms with Crippen molar-refractivity contribution in [2.45, 2.75) is 53.0 Å². The molecule has 0 fully saturated rings. The minimum Gasteiger partial charge on any atom is -0.349 e. The average molecular weight is 527 g/mol. The Bertz CT molecular complexity index is 1220. The second-order valence-corrected chi connectivity index (χ2v) is 9.99. The molecule has 1 unspecified atom stereocenters. The van der Waals surface area contributed by atoms with Gasteiger partial charge in [-0.1, -0.05) is 69.3 Å². The highest BCUT2D eigenvalue weighted by atomic mass is 16.2. The van der Waals surface area contributed by atoms with Crippen LogP contribution in [-0.2, 0) is 11.2 Å². The molecule has 3 amide bonds. The van der Waals surface area contributed by atoms with Gasteiger partial charge in [0.1, 0.15) is 0 Å². The van der Waals surface area contributed by atoms with Crippen LogP contribution in [0.3, 0.4) is 0 Å². The highest BCUT2D eigenvalue weighted by Gasteiger charge is 2.23. The second kappa shape index (κ2) is 14.9. The van der Waals surface area contributed by atoms with E-state index in [1.807, 2.05) is 91.9 Å². The summed E-state index contributed by atoms with van der Waals surface area (Å²) in [6.45, 7) is 9.17. The Hall–Kier alpha value is -3.93. The number of carbonyl (C=O) groups is 3. The average Bonchev–Trinajstić information content (AvgIpc) is 2.93. The molecule has 205 valence electrons. The largest absolute Gasteiger partial charge is 0.349 e. The van der Waals surface area contributed by atoms with Gasteiger partial charge in [-0.05, 0) is 74.1 Å². The van der Waals surface area contributed by atoms with E-state index in [1.54, 1.807) is 12.1 Å². The number of anilines is 1. The quantitative estimate of drug-likeness (QED) is 0.283. The van der Waals surface area contributed by atoms with Gasteiger partial charge in [-0.15, -0.1) is 0 Å². The zero-order valence-corrected chi connectivity index (χ0v) is 23.4. The van der Waals surface area contributed by atoms with Gasteiger partial charge in [-0.25, -0.2) is 0 Å². The number of para-hydroxylation sites is 1. The predicted octanol–water partition coefficient (Wildman–Crippen LogP) is 6.08. The van der Waals surface area contributed by atoms with Crippen molar-refractivity contribution in [3.63, 3.8) is 0 Å². The first kappa shape index (κ1) is 29.6. The number of nitrogens with one attached hydrogen (secondary N) is 2. The van der Waals surface area contributed by atoms with Crippen molar-refractivity contribution >= 4 is 23.4 Å². The Labute approximate surface area is 232 Å². The highest BCUT2D eigenvalue weighted by molar-refractivity contribution is 6.00. The maximum Gasteiger partial charge on any atom is 0.253 e. The normalized spacial score (nSPS) is 12.3. The third kappa shape index (κ3) is 9.10. The third-order valence-corrected chi connectivity index (χ3v) is 6.45. The topological polar surface area (TPSA) is 78.5 Å². The molecule has 0 bridgehead atoms. The number of hydrogen-bond donors (Lipinski definition) is 2. The van der Waals surface area contributed by atoms with Crippen molar-refractivity contribution in [1.29, 1.82) is 0 Å². The van der Waals surface area contributed by atoms with Crippen LogP contribution in [0.5, 0.6) is 0 Å². The maximum atomic E-state index is 13.5. The third-order valence-electron chi connectivity index (χ3n) is 6.45. The Balaban J connectivity index is 1.78. The lowest BCUT2D eigenvalue weighted by atomic mass is 9.94. The molecule has 1 radical (unpaired) electrons. The van der Waals surface area contributed by atoms with Crippen LogP contribution in [-0.4, -0.2) is 41.8 Å². The number of aryl methyl sites for hydroxylation is 1. The van der Waals surface area contributed by atoms with Crippen LogP contribution in [0, 0.1) is 19.3 Å². The summed E-state index contributed by atoms with van der Waals surface area (Å²) in [7, 11) is 0. The van der Waals surface area contributed by atoms with Gasteiger partial charge in [-0.2, -0.15) is 0 Å². The van der Waals surface area contributed by atoms with Crippen LogP contribution in [0.15, 0.2) is 78.9 Å². The fourth-order valence-corrected chi connectivity index (χ4v) is 4.58. The van der Waals surface area contributed by atoms with Crippen LogP contribution in [0.2, 0.25) is 0 Å². The summed E-state index contributed by atoms with van der Waals surface area (Å²) in [6.07, 6.45) is 4.15. The molecule has 0 aromatic heterocycles. The van der Waals surface area contributed by atoms with Gasteiger partial charge in [0.25, 0.3) is 11.8 Å². The van der Waals surface area contributed by atoms with Crippen LogP contribution in [0.4, 0.5) is 5.69 Å². The fourth-order valence-electron chi connectivity index (χ4n) is 4.58. The summed E-state index contributed by atoms with van der Waals surface area (Å²) in [5.41, 5.74) is 3.56. The fraction of sp³-hybridized carbons (Fsp3) is 0.333. The second-order valence-electron chi connectivity index (χ2n) is 9.99. The molecular weight excluding hydrogens is 486 g/mol. The molecule has 0 saturated carbocycles. The number of carbonyl (C=O) groups excluding carboxylic acids is 3. The molecule has 0 aliphatic rings. The van der Waals surface area contributed by atoms with Crippen LogP contribution in [0.25, 0.3) is 0 Å². The summed E-state index contributed by atoms with van der Waals surface area (Å²) < 4.78 is 0. The van der Waals surface area contributed by atoms with E-state index in [9.17, 15) is 14.4 Å². The monoisotopic (exact) mass is 526 g/mol. The molecule has 0 saturated heterocycles. The van der Waals surface area contributed by atoms with Crippen molar-refractivity contribution in [2.24, 2.45) is 5.92 Å². The van der Waals surface area contributed by atoms with Crippen LogP contribution >= 0.6 is 0 Å². The lowest BCUT2D eigenvalue weighted by Gasteiger charge is -2.23. The predicted molar refractivity (Wildman–Crippen MR) is 158 cm³/mol. The molecule has 2 atom stereocenters. The first-order chi connectivity index (χ1) is 18.8. The molecule has 3 aromatic rings. The lowest BCUT2D eigenvalue weighted by molar-refractivity contribution is -0.118. The molecule has 6 nitrogen and oxygen atoms in total. The standard InChI is InChI=1S/C33H40N3O3/c1-5-17-36(18-6-2)33(39)28-20-24(3)19-27(23-28)32(38)35-30(22-26-13-9-7-10-14-26)21-25(4)31(37)34-29-15-11-8-12-16-29/h7-16,19-21,23,25,30H,5-6,17-18,22H2,1-4H3,(H,34,37)(H,35,38)/t25?,30-/m1/s1. The van der Waals surface area contributed by atoms with E-state index in [0.717, 1.165) is 29.7 Å². The zero-order chi connectivity index (χ0) is 28.2. The minimum atomic E-state index is -0.453. The van der Waals surface area contributed by atoms with E-state index < -0.39 is 12.0 Å². The maximum absolute atomic E-state index is 13.5. The van der Waals surface area contributed by atoms with Gasteiger partial charge in [0, 0.05) is 41.9 Å². The van der Waals surface area contributed by atoms with Crippen LogP contribution in [0.1, 0.15) is 65.5 Å². The van der Waals surface area contributed by atoms with Gasteiger partial charge in [0.15, 0.2) is 0 Å². The van der Waals surface area contributed by atoms with E-state index in [2.05, 4.69) is 24.5 Å². The van der Waals surface area contributed by atoms with Gasteiger partial charge >= 0.3 is 0 Å². The summed E-state index contributed by atoms with van der Waals surface area (Å²) in [5.74, 6) is -0.942. The molecule has 0 aliphatic heterocycles. The molecule has 3 aromatic carbocycles. The van der Waals surface area contributed by atoms with Crippen molar-refractivity contribution in [1.82, 2.24) is 10.2 Å².